The van der Waals surface area contributed by atoms with Crippen molar-refractivity contribution in [2.75, 3.05) is 20.6 Å². The number of nitrogens with two attached hydrogens (primary N) is 1. The third-order valence-corrected chi connectivity index (χ3v) is 3.44. The number of rotatable bonds is 4. The van der Waals surface area contributed by atoms with Crippen LogP contribution in [0.2, 0.25) is 0 Å². The monoisotopic (exact) mass is 277 g/mol. The Kier molecular flexibility index (Phi) is 6.63. The van der Waals surface area contributed by atoms with Crippen LogP contribution >= 0.6 is 12.4 Å². The van der Waals surface area contributed by atoms with Gasteiger partial charge in [-0.1, -0.05) is 12.8 Å². The van der Waals surface area contributed by atoms with Gasteiger partial charge in [0.2, 0.25) is 11.8 Å². The molecular formula is C12H24ClN3O2. The lowest BCUT2D eigenvalue weighted by Gasteiger charge is -2.31. The minimum atomic E-state index is -0.525. The van der Waals surface area contributed by atoms with Crippen LogP contribution in [-0.4, -0.2) is 43.4 Å². The average molecular weight is 278 g/mol. The molecule has 0 unspecified atom stereocenters. The molecule has 1 rings (SSSR count). The molecule has 0 aliphatic heterocycles. The summed E-state index contributed by atoms with van der Waals surface area (Å²) in [4.78, 5) is 25.3. The topological polar surface area (TPSA) is 75.4 Å². The van der Waals surface area contributed by atoms with E-state index >= 15 is 0 Å². The average Bonchev–Trinajstić information content (AvgIpc) is 2.74. The Hall–Kier alpha value is -0.810. The molecule has 106 valence electrons. The number of nitrogens with zero attached hydrogens (tertiary/aromatic N) is 1. The van der Waals surface area contributed by atoms with Gasteiger partial charge in [0.1, 0.15) is 0 Å². The molecule has 0 aromatic carbocycles. The summed E-state index contributed by atoms with van der Waals surface area (Å²) in [6, 6.07) is -0.525. The van der Waals surface area contributed by atoms with Crippen molar-refractivity contribution in [1.29, 1.82) is 0 Å². The van der Waals surface area contributed by atoms with E-state index in [1.54, 1.807) is 25.9 Å². The first-order valence-corrected chi connectivity index (χ1v) is 6.14. The van der Waals surface area contributed by atoms with Crippen LogP contribution in [-0.2, 0) is 9.59 Å². The van der Waals surface area contributed by atoms with E-state index in [0.29, 0.717) is 6.54 Å². The van der Waals surface area contributed by atoms with E-state index in [0.717, 1.165) is 25.7 Å². The van der Waals surface area contributed by atoms with Gasteiger partial charge in [0.15, 0.2) is 0 Å². The summed E-state index contributed by atoms with van der Waals surface area (Å²) in [5, 5.41) is 2.79. The van der Waals surface area contributed by atoms with Crippen molar-refractivity contribution in [1.82, 2.24) is 10.2 Å². The molecule has 6 heteroatoms. The van der Waals surface area contributed by atoms with Crippen molar-refractivity contribution in [3.05, 3.63) is 0 Å². The molecule has 0 spiro atoms. The number of carbonyl (C=O) groups excluding carboxylic acids is 2. The Labute approximate surface area is 115 Å². The highest BCUT2D eigenvalue weighted by Gasteiger charge is 2.42. The summed E-state index contributed by atoms with van der Waals surface area (Å²) in [5.41, 5.74) is 5.08. The summed E-state index contributed by atoms with van der Waals surface area (Å²) < 4.78 is 0. The van der Waals surface area contributed by atoms with Gasteiger partial charge in [-0.15, -0.1) is 12.4 Å². The molecule has 1 aliphatic carbocycles. The van der Waals surface area contributed by atoms with Crippen molar-refractivity contribution >= 4 is 24.2 Å². The van der Waals surface area contributed by atoms with E-state index in [1.807, 2.05) is 0 Å². The second-order valence-corrected chi connectivity index (χ2v) is 5.19. The zero-order valence-corrected chi connectivity index (χ0v) is 12.2. The minimum absolute atomic E-state index is 0. The lowest BCUT2D eigenvalue weighted by Crippen LogP contribution is -2.49. The molecule has 1 saturated carbocycles. The fourth-order valence-corrected chi connectivity index (χ4v) is 2.41. The van der Waals surface area contributed by atoms with Crippen molar-refractivity contribution in [3.8, 4) is 0 Å². The molecule has 18 heavy (non-hydrogen) atoms. The zero-order chi connectivity index (χ0) is 13.1. The first kappa shape index (κ1) is 17.2. The zero-order valence-electron chi connectivity index (χ0n) is 11.4. The van der Waals surface area contributed by atoms with Gasteiger partial charge in [-0.05, 0) is 19.8 Å². The first-order chi connectivity index (χ1) is 7.89. The Morgan fingerprint density at radius 1 is 1.33 bits per heavy atom. The van der Waals surface area contributed by atoms with Gasteiger partial charge in [0, 0.05) is 20.6 Å². The molecule has 0 heterocycles. The molecule has 0 aromatic rings. The van der Waals surface area contributed by atoms with E-state index in [4.69, 9.17) is 5.73 Å². The predicted molar refractivity (Wildman–Crippen MR) is 73.5 cm³/mol. The second-order valence-electron chi connectivity index (χ2n) is 5.19. The molecule has 5 nitrogen and oxygen atoms in total. The van der Waals surface area contributed by atoms with E-state index < -0.39 is 11.5 Å². The Balaban J connectivity index is 0.00000289. The first-order valence-electron chi connectivity index (χ1n) is 6.14. The largest absolute Gasteiger partial charge is 0.354 e. The lowest BCUT2D eigenvalue weighted by atomic mass is 9.84. The maximum Gasteiger partial charge on any atom is 0.236 e. The third kappa shape index (κ3) is 3.85. The molecule has 1 fully saturated rings. The van der Waals surface area contributed by atoms with Gasteiger partial charge in [-0.3, -0.25) is 9.59 Å². The van der Waals surface area contributed by atoms with Gasteiger partial charge in [-0.2, -0.15) is 0 Å². The van der Waals surface area contributed by atoms with Crippen LogP contribution in [0.4, 0.5) is 0 Å². The summed E-state index contributed by atoms with van der Waals surface area (Å²) in [5.74, 6) is -0.0807. The number of amides is 2. The number of hydrogen-bond acceptors (Lipinski definition) is 3. The van der Waals surface area contributed by atoms with Crippen molar-refractivity contribution in [2.45, 2.75) is 38.6 Å². The predicted octanol–water partition coefficient (Wildman–Crippen LogP) is 0.520. The van der Waals surface area contributed by atoms with Gasteiger partial charge < -0.3 is 16.0 Å². The van der Waals surface area contributed by atoms with Crippen molar-refractivity contribution in [3.63, 3.8) is 0 Å². The van der Waals surface area contributed by atoms with Gasteiger partial charge in [0.05, 0.1) is 11.5 Å². The van der Waals surface area contributed by atoms with Gasteiger partial charge in [-0.25, -0.2) is 0 Å². The molecule has 2 amide bonds. The van der Waals surface area contributed by atoms with E-state index in [1.165, 1.54) is 0 Å². The normalized spacial score (nSPS) is 18.7. The van der Waals surface area contributed by atoms with Crippen molar-refractivity contribution in [2.24, 2.45) is 11.1 Å². The van der Waals surface area contributed by atoms with Crippen LogP contribution < -0.4 is 11.1 Å². The van der Waals surface area contributed by atoms with Crippen LogP contribution in [0.15, 0.2) is 0 Å². The minimum Gasteiger partial charge on any atom is -0.354 e. The fraction of sp³-hybridized carbons (Fsp3) is 0.833. The summed E-state index contributed by atoms with van der Waals surface area (Å²) in [7, 11) is 3.52. The standard InChI is InChI=1S/C12H23N3O2.ClH/c1-9(13)10(16)14-8-12(6-4-5-7-12)11(17)15(2)3;/h9H,4-8,13H2,1-3H3,(H,14,16);1H/t9-;/m1./s1. The fourth-order valence-electron chi connectivity index (χ4n) is 2.41. The van der Waals surface area contributed by atoms with E-state index in [2.05, 4.69) is 5.32 Å². The van der Waals surface area contributed by atoms with Crippen LogP contribution in [0.1, 0.15) is 32.6 Å². The van der Waals surface area contributed by atoms with Crippen molar-refractivity contribution < 1.29 is 9.59 Å². The highest BCUT2D eigenvalue weighted by molar-refractivity contribution is 5.85. The SMILES string of the molecule is C[C@@H](N)C(=O)NCC1(C(=O)N(C)C)CCCC1.Cl. The van der Waals surface area contributed by atoms with E-state index in [9.17, 15) is 9.59 Å². The number of carbonyl (C=O) groups is 2. The molecule has 0 bridgehead atoms. The summed E-state index contributed by atoms with van der Waals surface area (Å²) in [6.07, 6.45) is 3.80. The second kappa shape index (κ2) is 6.95. The maximum atomic E-state index is 12.2. The molecular weight excluding hydrogens is 254 g/mol. The number of hydrogen-bond donors (Lipinski definition) is 2. The lowest BCUT2D eigenvalue weighted by molar-refractivity contribution is -0.139. The quantitative estimate of drug-likeness (QED) is 0.787. The third-order valence-electron chi connectivity index (χ3n) is 3.44. The molecule has 3 N–H and O–H groups in total. The molecule has 0 saturated heterocycles. The van der Waals surface area contributed by atoms with Gasteiger partial charge >= 0.3 is 0 Å². The Morgan fingerprint density at radius 2 is 1.83 bits per heavy atom. The highest BCUT2D eigenvalue weighted by atomic mass is 35.5. The summed E-state index contributed by atoms with van der Waals surface area (Å²) >= 11 is 0. The Morgan fingerprint density at radius 3 is 2.22 bits per heavy atom. The molecule has 1 atom stereocenters. The maximum absolute atomic E-state index is 12.2. The van der Waals surface area contributed by atoms with Crippen LogP contribution in [0.25, 0.3) is 0 Å². The Bertz CT molecular complexity index is 300. The summed E-state index contributed by atoms with van der Waals surface area (Å²) in [6.45, 7) is 2.05. The molecule has 1 aliphatic rings. The van der Waals surface area contributed by atoms with Crippen LogP contribution in [0, 0.1) is 5.41 Å². The van der Waals surface area contributed by atoms with Crippen LogP contribution in [0.5, 0.6) is 0 Å². The highest BCUT2D eigenvalue weighted by Crippen LogP contribution is 2.38. The smallest absolute Gasteiger partial charge is 0.236 e. The van der Waals surface area contributed by atoms with Gasteiger partial charge in [0.25, 0.3) is 0 Å². The molecule has 0 aromatic heterocycles. The number of halogens is 1. The van der Waals surface area contributed by atoms with E-state index in [-0.39, 0.29) is 24.2 Å². The van der Waals surface area contributed by atoms with Crippen LogP contribution in [0.3, 0.4) is 0 Å². The number of nitrogens with one attached hydrogen (secondary N) is 1. The molecule has 0 radical (unpaired) electrons.